The molecular weight excluding hydrogens is 332 g/mol. The summed E-state index contributed by atoms with van der Waals surface area (Å²) in [6, 6.07) is 10.1. The topological polar surface area (TPSA) is 68.8 Å². The third kappa shape index (κ3) is 4.45. The van der Waals surface area contributed by atoms with Crippen molar-refractivity contribution in [1.82, 2.24) is 5.32 Å². The van der Waals surface area contributed by atoms with E-state index in [-0.39, 0.29) is 6.03 Å². The van der Waals surface area contributed by atoms with Gasteiger partial charge in [-0.05, 0) is 42.0 Å². The van der Waals surface area contributed by atoms with Crippen LogP contribution in [0.5, 0.6) is 17.2 Å². The van der Waals surface area contributed by atoms with Crippen molar-refractivity contribution in [1.29, 1.82) is 0 Å². The van der Waals surface area contributed by atoms with Gasteiger partial charge in [-0.1, -0.05) is 11.6 Å². The van der Waals surface area contributed by atoms with Gasteiger partial charge in [0.1, 0.15) is 0 Å². The molecule has 0 spiro atoms. The van der Waals surface area contributed by atoms with Crippen molar-refractivity contribution in [3.05, 3.63) is 47.0 Å². The number of ether oxygens (including phenoxy) is 3. The maximum absolute atomic E-state index is 12.0. The highest BCUT2D eigenvalue weighted by Gasteiger charge is 2.13. The third-order valence-electron chi connectivity index (χ3n) is 3.28. The summed E-state index contributed by atoms with van der Waals surface area (Å²) in [5, 5.41) is 6.10. The molecule has 0 aliphatic rings. The van der Waals surface area contributed by atoms with Crippen LogP contribution in [0.3, 0.4) is 0 Å². The van der Waals surface area contributed by atoms with Crippen LogP contribution in [0.25, 0.3) is 0 Å². The highest BCUT2D eigenvalue weighted by atomic mass is 35.5. The number of nitrogens with one attached hydrogen (secondary N) is 2. The molecule has 0 unspecified atom stereocenters. The zero-order valence-corrected chi connectivity index (χ0v) is 14.4. The SMILES string of the molecule is COc1cc(CNC(=O)Nc2ccc(Cl)cc2)cc(OC)c1OC. The molecule has 0 aliphatic carbocycles. The largest absolute Gasteiger partial charge is 0.493 e. The van der Waals surface area contributed by atoms with Crippen molar-refractivity contribution in [2.45, 2.75) is 6.54 Å². The van der Waals surface area contributed by atoms with E-state index in [4.69, 9.17) is 25.8 Å². The van der Waals surface area contributed by atoms with Crippen LogP contribution in [0, 0.1) is 0 Å². The van der Waals surface area contributed by atoms with Crippen LogP contribution in [0.1, 0.15) is 5.56 Å². The van der Waals surface area contributed by atoms with Crippen molar-refractivity contribution in [3.63, 3.8) is 0 Å². The molecule has 0 radical (unpaired) electrons. The fraction of sp³-hybridized carbons (Fsp3) is 0.235. The minimum absolute atomic E-state index is 0.302. The molecule has 0 atom stereocenters. The zero-order valence-electron chi connectivity index (χ0n) is 13.7. The first-order valence-electron chi connectivity index (χ1n) is 7.16. The Balaban J connectivity index is 2.03. The van der Waals surface area contributed by atoms with Crippen LogP contribution in [-0.4, -0.2) is 27.4 Å². The highest BCUT2D eigenvalue weighted by molar-refractivity contribution is 6.30. The summed E-state index contributed by atoms with van der Waals surface area (Å²) in [7, 11) is 4.63. The van der Waals surface area contributed by atoms with E-state index < -0.39 is 0 Å². The molecule has 0 aliphatic heterocycles. The molecule has 0 aromatic heterocycles. The van der Waals surface area contributed by atoms with Gasteiger partial charge >= 0.3 is 6.03 Å². The lowest BCUT2D eigenvalue weighted by atomic mass is 10.2. The third-order valence-corrected chi connectivity index (χ3v) is 3.53. The van der Waals surface area contributed by atoms with Gasteiger partial charge in [-0.2, -0.15) is 0 Å². The average Bonchev–Trinajstić information content (AvgIpc) is 2.60. The molecule has 0 fully saturated rings. The van der Waals surface area contributed by atoms with Crippen LogP contribution in [-0.2, 0) is 6.54 Å². The lowest BCUT2D eigenvalue weighted by molar-refractivity contribution is 0.251. The Morgan fingerprint density at radius 2 is 1.58 bits per heavy atom. The summed E-state index contributed by atoms with van der Waals surface area (Å²) in [4.78, 5) is 12.0. The van der Waals surface area contributed by atoms with Crippen LogP contribution in [0.4, 0.5) is 10.5 Å². The molecule has 2 aromatic rings. The average molecular weight is 351 g/mol. The van der Waals surface area contributed by atoms with E-state index in [0.717, 1.165) is 5.56 Å². The number of carbonyl (C=O) groups excluding carboxylic acids is 1. The summed E-state index contributed by atoms with van der Waals surface area (Å²) in [5.74, 6) is 1.58. The first-order chi connectivity index (χ1) is 11.6. The Morgan fingerprint density at radius 1 is 1.00 bits per heavy atom. The quantitative estimate of drug-likeness (QED) is 0.833. The Hall–Kier alpha value is -2.60. The number of amides is 2. The van der Waals surface area contributed by atoms with E-state index in [1.807, 2.05) is 0 Å². The van der Waals surface area contributed by atoms with Gasteiger partial charge in [-0.3, -0.25) is 0 Å². The van der Waals surface area contributed by atoms with Gasteiger partial charge in [-0.15, -0.1) is 0 Å². The standard InChI is InChI=1S/C17H19ClN2O4/c1-22-14-8-11(9-15(23-2)16(14)24-3)10-19-17(21)20-13-6-4-12(18)5-7-13/h4-9H,10H2,1-3H3,(H2,19,20,21). The fourth-order valence-corrected chi connectivity index (χ4v) is 2.25. The van der Waals surface area contributed by atoms with Crippen LogP contribution in [0.2, 0.25) is 5.02 Å². The van der Waals surface area contributed by atoms with E-state index in [2.05, 4.69) is 10.6 Å². The van der Waals surface area contributed by atoms with Gasteiger partial charge in [0.2, 0.25) is 5.75 Å². The Bertz CT molecular complexity index is 679. The molecule has 0 saturated heterocycles. The normalized spacial score (nSPS) is 10.0. The molecule has 6 nitrogen and oxygen atoms in total. The Morgan fingerprint density at radius 3 is 2.08 bits per heavy atom. The smallest absolute Gasteiger partial charge is 0.319 e. The second-order valence-corrected chi connectivity index (χ2v) is 5.28. The number of rotatable bonds is 6. The molecule has 0 bridgehead atoms. The predicted octanol–water partition coefficient (Wildman–Crippen LogP) is 3.69. The van der Waals surface area contributed by atoms with E-state index in [1.54, 1.807) is 50.6 Å². The predicted molar refractivity (Wildman–Crippen MR) is 93.4 cm³/mol. The number of urea groups is 1. The monoisotopic (exact) mass is 350 g/mol. The Kier molecular flexibility index (Phi) is 6.14. The van der Waals surface area contributed by atoms with Gasteiger partial charge in [0.15, 0.2) is 11.5 Å². The molecule has 2 amide bonds. The fourth-order valence-electron chi connectivity index (χ4n) is 2.13. The number of anilines is 1. The van der Waals surface area contributed by atoms with E-state index >= 15 is 0 Å². The van der Waals surface area contributed by atoms with Crippen molar-refractivity contribution in [2.24, 2.45) is 0 Å². The molecule has 2 aromatic carbocycles. The van der Waals surface area contributed by atoms with Crippen molar-refractivity contribution >= 4 is 23.3 Å². The van der Waals surface area contributed by atoms with Gasteiger partial charge in [0.25, 0.3) is 0 Å². The van der Waals surface area contributed by atoms with Crippen LogP contribution < -0.4 is 24.8 Å². The lowest BCUT2D eigenvalue weighted by Gasteiger charge is -2.14. The summed E-state index contributed by atoms with van der Waals surface area (Å²) in [5.41, 5.74) is 1.47. The van der Waals surface area contributed by atoms with Crippen molar-refractivity contribution in [2.75, 3.05) is 26.6 Å². The molecule has 2 rings (SSSR count). The molecule has 0 heterocycles. The molecule has 0 saturated carbocycles. The second-order valence-electron chi connectivity index (χ2n) is 4.85. The summed E-state index contributed by atoms with van der Waals surface area (Å²) in [6.45, 7) is 0.302. The van der Waals surface area contributed by atoms with Gasteiger partial charge < -0.3 is 24.8 Å². The maximum atomic E-state index is 12.0. The number of halogens is 1. The highest BCUT2D eigenvalue weighted by Crippen LogP contribution is 2.38. The van der Waals surface area contributed by atoms with Crippen molar-refractivity contribution < 1.29 is 19.0 Å². The van der Waals surface area contributed by atoms with E-state index in [1.165, 1.54) is 7.11 Å². The number of hydrogen-bond acceptors (Lipinski definition) is 4. The Labute approximate surface area is 145 Å². The summed E-state index contributed by atoms with van der Waals surface area (Å²) >= 11 is 5.81. The number of hydrogen-bond donors (Lipinski definition) is 2. The van der Waals surface area contributed by atoms with Crippen LogP contribution >= 0.6 is 11.6 Å². The van der Waals surface area contributed by atoms with Gasteiger partial charge in [0, 0.05) is 17.3 Å². The maximum Gasteiger partial charge on any atom is 0.319 e. The first-order valence-corrected chi connectivity index (χ1v) is 7.54. The van der Waals surface area contributed by atoms with Crippen LogP contribution in [0.15, 0.2) is 36.4 Å². The van der Waals surface area contributed by atoms with Crippen molar-refractivity contribution in [3.8, 4) is 17.2 Å². The molecule has 128 valence electrons. The van der Waals surface area contributed by atoms with E-state index in [9.17, 15) is 4.79 Å². The molecular formula is C17H19ClN2O4. The number of benzene rings is 2. The zero-order chi connectivity index (χ0) is 17.5. The molecule has 2 N–H and O–H groups in total. The van der Waals surface area contributed by atoms with E-state index in [0.29, 0.717) is 34.5 Å². The van der Waals surface area contributed by atoms with Gasteiger partial charge in [-0.25, -0.2) is 4.79 Å². The minimum atomic E-state index is -0.328. The lowest BCUT2D eigenvalue weighted by Crippen LogP contribution is -2.28. The molecule has 7 heteroatoms. The first kappa shape index (κ1) is 17.7. The number of carbonyl (C=O) groups is 1. The van der Waals surface area contributed by atoms with Gasteiger partial charge in [0.05, 0.1) is 21.3 Å². The second kappa shape index (κ2) is 8.31. The summed E-state index contributed by atoms with van der Waals surface area (Å²) in [6.07, 6.45) is 0. The summed E-state index contributed by atoms with van der Waals surface area (Å²) < 4.78 is 15.8. The molecule has 24 heavy (non-hydrogen) atoms. The minimum Gasteiger partial charge on any atom is -0.493 e. The number of methoxy groups -OCH3 is 3.